The van der Waals surface area contributed by atoms with Gasteiger partial charge in [0.05, 0.1) is 6.10 Å². The molecule has 0 radical (unpaired) electrons. The Morgan fingerprint density at radius 3 is 2.73 bits per heavy atom. The fourth-order valence-electron chi connectivity index (χ4n) is 4.24. The minimum Gasteiger partial charge on any atom is -0.387 e. The van der Waals surface area contributed by atoms with Gasteiger partial charge in [-0.1, -0.05) is 39.8 Å². The Bertz CT molecular complexity index is 650. The van der Waals surface area contributed by atoms with Crippen molar-refractivity contribution >= 4 is 11.6 Å². The summed E-state index contributed by atoms with van der Waals surface area (Å²) in [5.74, 6) is 0.894. The molecule has 2 aliphatic heterocycles. The maximum Gasteiger partial charge on any atom is 0.232 e. The molecule has 0 unspecified atom stereocenters. The van der Waals surface area contributed by atoms with E-state index in [4.69, 9.17) is 0 Å². The van der Waals surface area contributed by atoms with Gasteiger partial charge in [0.1, 0.15) is 0 Å². The van der Waals surface area contributed by atoms with Crippen LogP contribution in [0.4, 0.5) is 5.69 Å². The predicted molar refractivity (Wildman–Crippen MR) is 106 cm³/mol. The summed E-state index contributed by atoms with van der Waals surface area (Å²) in [5.41, 5.74) is 2.82. The number of aryl methyl sites for hydroxylation is 1. The zero-order valence-electron chi connectivity index (χ0n) is 16.8. The van der Waals surface area contributed by atoms with E-state index in [1.807, 2.05) is 37.8 Å². The van der Waals surface area contributed by atoms with Crippen molar-refractivity contribution in [3.63, 3.8) is 0 Å². The Hall–Kier alpha value is -1.39. The number of carbonyl (C=O) groups is 1. The number of nitrogens with zero attached hydrogens (tertiary/aromatic N) is 2. The molecule has 2 aliphatic rings. The summed E-state index contributed by atoms with van der Waals surface area (Å²) in [6.07, 6.45) is 4.02. The van der Waals surface area contributed by atoms with Gasteiger partial charge in [-0.15, -0.1) is 0 Å². The molecule has 1 amide bonds. The average molecular weight is 359 g/mol. The van der Waals surface area contributed by atoms with Gasteiger partial charge < -0.3 is 14.9 Å². The van der Waals surface area contributed by atoms with Crippen LogP contribution in [0.3, 0.4) is 0 Å². The minimum absolute atomic E-state index is 0.175. The highest BCUT2D eigenvalue weighted by molar-refractivity contribution is 5.98. The number of likely N-dealkylation sites (tertiary alicyclic amines) is 1. The van der Waals surface area contributed by atoms with Crippen LogP contribution in [0.15, 0.2) is 18.2 Å². The summed E-state index contributed by atoms with van der Waals surface area (Å²) in [5, 5.41) is 10.7. The third-order valence-corrected chi connectivity index (χ3v) is 5.67. The van der Waals surface area contributed by atoms with Gasteiger partial charge in [-0.3, -0.25) is 4.79 Å². The molecule has 0 saturated carbocycles. The first-order valence-electron chi connectivity index (χ1n) is 10.1. The number of β-amino-alcohol motifs (C(OH)–C–C–N with tert-alkyl or cyclic N) is 1. The maximum atomic E-state index is 12.8. The van der Waals surface area contributed by atoms with E-state index in [9.17, 15) is 9.90 Å². The lowest BCUT2D eigenvalue weighted by Gasteiger charge is -2.35. The molecule has 0 bridgehead atoms. The quantitative estimate of drug-likeness (QED) is 0.894. The molecule has 4 heteroatoms. The third kappa shape index (κ3) is 4.29. The van der Waals surface area contributed by atoms with Gasteiger partial charge in [-0.25, -0.2) is 0 Å². The van der Waals surface area contributed by atoms with Crippen molar-refractivity contribution in [2.75, 3.05) is 31.1 Å². The first kappa shape index (κ1) is 19.4. The van der Waals surface area contributed by atoms with E-state index >= 15 is 0 Å². The van der Waals surface area contributed by atoms with Crippen LogP contribution >= 0.6 is 0 Å². The van der Waals surface area contributed by atoms with Crippen molar-refractivity contribution in [3.8, 4) is 0 Å². The molecule has 2 atom stereocenters. The minimum atomic E-state index is -0.459. The van der Waals surface area contributed by atoms with E-state index < -0.39 is 6.10 Å². The first-order chi connectivity index (χ1) is 12.3. The Balaban J connectivity index is 1.74. The number of fused-ring (bicyclic) bond motifs is 1. The summed E-state index contributed by atoms with van der Waals surface area (Å²) < 4.78 is 0. The van der Waals surface area contributed by atoms with Crippen molar-refractivity contribution in [2.45, 2.75) is 59.5 Å². The smallest absolute Gasteiger partial charge is 0.232 e. The molecule has 0 aromatic heterocycles. The van der Waals surface area contributed by atoms with Gasteiger partial charge in [0.25, 0.3) is 0 Å². The molecule has 3 rings (SSSR count). The molecular formula is C22H34N2O2. The average Bonchev–Trinajstić information content (AvgIpc) is 2.59. The van der Waals surface area contributed by atoms with Crippen LogP contribution in [0.2, 0.25) is 0 Å². The van der Waals surface area contributed by atoms with Crippen LogP contribution in [0.25, 0.3) is 0 Å². The SMILES string of the molecule is C[C@H]1CCCN(C[C@@H](O)c2ccc3c(c2)CCCN3C(=O)C(C)(C)C)C1. The Kier molecular flexibility index (Phi) is 5.73. The second-order valence-corrected chi connectivity index (χ2v) is 9.22. The number of carbonyl (C=O) groups excluding carboxylic acids is 1. The Morgan fingerprint density at radius 2 is 2.04 bits per heavy atom. The lowest BCUT2D eigenvalue weighted by Crippen LogP contribution is -2.42. The molecule has 0 spiro atoms. The third-order valence-electron chi connectivity index (χ3n) is 5.67. The van der Waals surface area contributed by atoms with E-state index in [1.54, 1.807) is 0 Å². The summed E-state index contributed by atoms with van der Waals surface area (Å²) in [6, 6.07) is 6.16. The van der Waals surface area contributed by atoms with E-state index in [1.165, 1.54) is 18.4 Å². The number of aliphatic hydroxyl groups is 1. The van der Waals surface area contributed by atoms with E-state index in [2.05, 4.69) is 17.9 Å². The molecule has 0 aliphatic carbocycles. The molecule has 144 valence electrons. The monoisotopic (exact) mass is 358 g/mol. The van der Waals surface area contributed by atoms with Crippen molar-refractivity contribution < 1.29 is 9.90 Å². The molecule has 1 saturated heterocycles. The van der Waals surface area contributed by atoms with Crippen molar-refractivity contribution in [1.29, 1.82) is 0 Å². The second-order valence-electron chi connectivity index (χ2n) is 9.22. The number of piperidine rings is 1. The summed E-state index contributed by atoms with van der Waals surface area (Å²) >= 11 is 0. The van der Waals surface area contributed by atoms with E-state index in [-0.39, 0.29) is 11.3 Å². The van der Waals surface area contributed by atoms with Gasteiger partial charge in [-0.2, -0.15) is 0 Å². The van der Waals surface area contributed by atoms with Crippen LogP contribution < -0.4 is 4.90 Å². The molecule has 2 heterocycles. The molecule has 26 heavy (non-hydrogen) atoms. The topological polar surface area (TPSA) is 43.8 Å². The van der Waals surface area contributed by atoms with Crippen LogP contribution in [0.1, 0.15) is 64.2 Å². The molecule has 1 aromatic carbocycles. The van der Waals surface area contributed by atoms with E-state index in [0.29, 0.717) is 6.54 Å². The number of hydrogen-bond acceptors (Lipinski definition) is 3. The van der Waals surface area contributed by atoms with Gasteiger partial charge in [0, 0.05) is 30.7 Å². The molecule has 1 N–H and O–H groups in total. The summed E-state index contributed by atoms with van der Waals surface area (Å²) in [6.45, 7) is 11.9. The van der Waals surface area contributed by atoms with Crippen molar-refractivity contribution in [2.24, 2.45) is 11.3 Å². The van der Waals surface area contributed by atoms with E-state index in [0.717, 1.165) is 49.6 Å². The highest BCUT2D eigenvalue weighted by Crippen LogP contribution is 2.33. The summed E-state index contributed by atoms with van der Waals surface area (Å²) in [7, 11) is 0. The number of benzene rings is 1. The Morgan fingerprint density at radius 1 is 1.27 bits per heavy atom. The standard InChI is InChI=1S/C22H34N2O2/c1-16-7-5-11-23(14-16)15-20(25)18-9-10-19-17(13-18)8-6-12-24(19)21(26)22(2,3)4/h9-10,13,16,20,25H,5-8,11-12,14-15H2,1-4H3/t16-,20+/m0/s1. The zero-order chi connectivity index (χ0) is 18.9. The van der Waals surface area contributed by atoms with Gasteiger partial charge in [0.15, 0.2) is 0 Å². The highest BCUT2D eigenvalue weighted by Gasteiger charge is 2.31. The van der Waals surface area contributed by atoms with Crippen molar-refractivity contribution in [1.82, 2.24) is 4.90 Å². The molecule has 4 nitrogen and oxygen atoms in total. The number of hydrogen-bond donors (Lipinski definition) is 1. The van der Waals surface area contributed by atoms with Gasteiger partial charge >= 0.3 is 0 Å². The normalized spacial score (nSPS) is 22.8. The van der Waals surface area contributed by atoms with Crippen LogP contribution in [-0.2, 0) is 11.2 Å². The van der Waals surface area contributed by atoms with Gasteiger partial charge in [0.2, 0.25) is 5.91 Å². The van der Waals surface area contributed by atoms with Crippen molar-refractivity contribution in [3.05, 3.63) is 29.3 Å². The highest BCUT2D eigenvalue weighted by atomic mass is 16.3. The van der Waals surface area contributed by atoms with Crippen LogP contribution in [0, 0.1) is 11.3 Å². The number of amides is 1. The lowest BCUT2D eigenvalue weighted by molar-refractivity contribution is -0.125. The fourth-order valence-corrected chi connectivity index (χ4v) is 4.24. The summed E-state index contributed by atoms with van der Waals surface area (Å²) in [4.78, 5) is 17.1. The first-order valence-corrected chi connectivity index (χ1v) is 10.1. The number of rotatable bonds is 3. The fraction of sp³-hybridized carbons (Fsp3) is 0.682. The second kappa shape index (κ2) is 7.69. The molecule has 1 aromatic rings. The Labute approximate surface area is 158 Å². The molecular weight excluding hydrogens is 324 g/mol. The number of anilines is 1. The zero-order valence-corrected chi connectivity index (χ0v) is 16.8. The lowest BCUT2D eigenvalue weighted by atomic mass is 9.91. The van der Waals surface area contributed by atoms with Gasteiger partial charge in [-0.05, 0) is 55.3 Å². The maximum absolute atomic E-state index is 12.8. The van der Waals surface area contributed by atoms with Crippen LogP contribution in [-0.4, -0.2) is 42.1 Å². The predicted octanol–water partition coefficient (Wildman–Crippen LogP) is 3.78. The largest absolute Gasteiger partial charge is 0.387 e. The number of aliphatic hydroxyl groups excluding tert-OH is 1. The molecule has 1 fully saturated rings. The van der Waals surface area contributed by atoms with Crippen LogP contribution in [0.5, 0.6) is 0 Å².